The second kappa shape index (κ2) is 6.38. The molecular weight excluding hydrogens is 224 g/mol. The van der Waals surface area contributed by atoms with Gasteiger partial charge in [-0.1, -0.05) is 0 Å². The maximum atomic E-state index is 11.5. The monoisotopic (exact) mass is 238 g/mol. The summed E-state index contributed by atoms with van der Waals surface area (Å²) in [7, 11) is 0. The van der Waals surface area contributed by atoms with Gasteiger partial charge in [-0.3, -0.25) is 9.59 Å². The Bertz CT molecular complexity index is 391. The van der Waals surface area contributed by atoms with Crippen molar-refractivity contribution in [3.05, 3.63) is 18.1 Å². The molecule has 8 nitrogen and oxygen atoms in total. The first-order valence-corrected chi connectivity index (χ1v) is 4.98. The number of aromatic nitrogens is 2. The number of primary amides is 1. The topological polar surface area (TPSA) is 136 Å². The van der Waals surface area contributed by atoms with Crippen LogP contribution in [0.5, 0.6) is 0 Å². The summed E-state index contributed by atoms with van der Waals surface area (Å²) >= 11 is 0. The molecule has 2 amide bonds. The molecule has 0 aliphatic heterocycles. The Morgan fingerprint density at radius 1 is 1.29 bits per heavy atom. The highest BCUT2D eigenvalue weighted by molar-refractivity contribution is 5.92. The Morgan fingerprint density at radius 3 is 2.59 bits per heavy atom. The van der Waals surface area contributed by atoms with Gasteiger partial charge >= 0.3 is 0 Å². The van der Waals surface area contributed by atoms with E-state index in [4.69, 9.17) is 11.6 Å². The molecular formula is C9H14N6O2. The zero-order valence-electron chi connectivity index (χ0n) is 9.14. The predicted octanol–water partition coefficient (Wildman–Crippen LogP) is -1.24. The molecule has 0 aliphatic carbocycles. The summed E-state index contributed by atoms with van der Waals surface area (Å²) in [4.78, 5) is 29.7. The number of anilines is 1. The lowest BCUT2D eigenvalue weighted by Gasteiger charge is -2.04. The number of nitrogens with two attached hydrogens (primary N) is 2. The molecule has 17 heavy (non-hydrogen) atoms. The number of hydrazine groups is 1. The number of hydrogen-bond donors (Lipinski definition) is 4. The Hall–Kier alpha value is -2.22. The normalized spacial score (nSPS) is 9.71. The third-order valence-electron chi connectivity index (χ3n) is 1.92. The van der Waals surface area contributed by atoms with Crippen LogP contribution in [0.4, 0.5) is 5.82 Å². The fourth-order valence-corrected chi connectivity index (χ4v) is 1.07. The van der Waals surface area contributed by atoms with Gasteiger partial charge in [0.15, 0.2) is 5.82 Å². The van der Waals surface area contributed by atoms with E-state index in [1.54, 1.807) is 0 Å². The molecule has 0 atom stereocenters. The van der Waals surface area contributed by atoms with Crippen LogP contribution in [0.2, 0.25) is 0 Å². The number of amides is 2. The van der Waals surface area contributed by atoms with Gasteiger partial charge in [0, 0.05) is 13.0 Å². The molecule has 6 N–H and O–H groups in total. The van der Waals surface area contributed by atoms with E-state index in [1.165, 1.54) is 12.4 Å². The van der Waals surface area contributed by atoms with Crippen molar-refractivity contribution in [3.63, 3.8) is 0 Å². The van der Waals surface area contributed by atoms with E-state index in [1.807, 2.05) is 0 Å². The van der Waals surface area contributed by atoms with Crippen molar-refractivity contribution in [1.82, 2.24) is 15.3 Å². The van der Waals surface area contributed by atoms with E-state index in [0.29, 0.717) is 18.8 Å². The van der Waals surface area contributed by atoms with E-state index in [2.05, 4.69) is 20.7 Å². The highest BCUT2D eigenvalue weighted by Gasteiger charge is 2.07. The van der Waals surface area contributed by atoms with Gasteiger partial charge in [-0.15, -0.1) is 0 Å². The van der Waals surface area contributed by atoms with Crippen molar-refractivity contribution in [1.29, 1.82) is 0 Å². The zero-order valence-corrected chi connectivity index (χ0v) is 9.14. The fourth-order valence-electron chi connectivity index (χ4n) is 1.07. The average molecular weight is 238 g/mol. The third kappa shape index (κ3) is 4.43. The summed E-state index contributed by atoms with van der Waals surface area (Å²) in [6.07, 6.45) is 3.38. The molecule has 0 saturated heterocycles. The Labute approximate surface area is 97.8 Å². The summed E-state index contributed by atoms with van der Waals surface area (Å²) in [5, 5.41) is 2.59. The Morgan fingerprint density at radius 2 is 2.06 bits per heavy atom. The van der Waals surface area contributed by atoms with E-state index < -0.39 is 5.91 Å². The number of nitrogens with zero attached hydrogens (tertiary/aromatic N) is 2. The van der Waals surface area contributed by atoms with Crippen molar-refractivity contribution in [2.24, 2.45) is 11.6 Å². The second-order valence-corrected chi connectivity index (χ2v) is 3.26. The number of nitrogens with one attached hydrogen (secondary N) is 2. The minimum atomic E-state index is -0.391. The van der Waals surface area contributed by atoms with E-state index in [0.717, 1.165) is 0 Å². The first kappa shape index (κ1) is 12.8. The molecule has 0 spiro atoms. The van der Waals surface area contributed by atoms with Crippen LogP contribution in [0.15, 0.2) is 12.4 Å². The summed E-state index contributed by atoms with van der Waals surface area (Å²) < 4.78 is 0. The molecule has 92 valence electrons. The van der Waals surface area contributed by atoms with Crippen LogP contribution in [-0.2, 0) is 4.79 Å². The molecule has 0 radical (unpaired) electrons. The van der Waals surface area contributed by atoms with E-state index >= 15 is 0 Å². The van der Waals surface area contributed by atoms with Crippen LogP contribution >= 0.6 is 0 Å². The van der Waals surface area contributed by atoms with Crippen LogP contribution in [0.1, 0.15) is 23.3 Å². The summed E-state index contributed by atoms with van der Waals surface area (Å²) in [6.45, 7) is 0.361. The van der Waals surface area contributed by atoms with Crippen molar-refractivity contribution >= 4 is 17.6 Å². The highest BCUT2D eigenvalue weighted by Crippen LogP contribution is 1.98. The first-order valence-electron chi connectivity index (χ1n) is 4.98. The van der Waals surface area contributed by atoms with Gasteiger partial charge in [-0.2, -0.15) is 0 Å². The lowest BCUT2D eigenvalue weighted by atomic mass is 10.3. The lowest BCUT2D eigenvalue weighted by Crippen LogP contribution is -2.26. The number of rotatable bonds is 6. The molecule has 0 bridgehead atoms. The van der Waals surface area contributed by atoms with Gasteiger partial charge < -0.3 is 16.5 Å². The average Bonchev–Trinajstić information content (AvgIpc) is 2.34. The molecule has 0 fully saturated rings. The molecule has 0 aromatic carbocycles. The highest BCUT2D eigenvalue weighted by atomic mass is 16.2. The number of nitrogen functional groups attached to an aromatic ring is 1. The van der Waals surface area contributed by atoms with Crippen LogP contribution in [0.25, 0.3) is 0 Å². The maximum absolute atomic E-state index is 11.5. The molecule has 0 aliphatic rings. The Balaban J connectivity index is 2.38. The van der Waals surface area contributed by atoms with E-state index in [9.17, 15) is 9.59 Å². The third-order valence-corrected chi connectivity index (χ3v) is 1.92. The van der Waals surface area contributed by atoms with Gasteiger partial charge in [-0.05, 0) is 6.42 Å². The second-order valence-electron chi connectivity index (χ2n) is 3.26. The summed E-state index contributed by atoms with van der Waals surface area (Å²) in [6, 6.07) is 0. The Kier molecular flexibility index (Phi) is 4.82. The smallest absolute Gasteiger partial charge is 0.271 e. The molecule has 8 heteroatoms. The molecule has 0 unspecified atom stereocenters. The number of hydrogen-bond acceptors (Lipinski definition) is 6. The van der Waals surface area contributed by atoms with E-state index in [-0.39, 0.29) is 18.0 Å². The van der Waals surface area contributed by atoms with Gasteiger partial charge in [0.25, 0.3) is 5.91 Å². The van der Waals surface area contributed by atoms with Crippen molar-refractivity contribution in [3.8, 4) is 0 Å². The molecule has 1 aromatic heterocycles. The largest absolute Gasteiger partial charge is 0.370 e. The van der Waals surface area contributed by atoms with Gasteiger partial charge in [0.2, 0.25) is 5.91 Å². The zero-order chi connectivity index (χ0) is 12.7. The molecule has 1 aromatic rings. The van der Waals surface area contributed by atoms with Gasteiger partial charge in [0.1, 0.15) is 5.69 Å². The van der Waals surface area contributed by atoms with Crippen LogP contribution in [-0.4, -0.2) is 28.3 Å². The predicted molar refractivity (Wildman–Crippen MR) is 60.6 cm³/mol. The van der Waals surface area contributed by atoms with Gasteiger partial charge in [0.05, 0.1) is 12.4 Å². The standard InChI is InChI=1S/C9H14N6O2/c10-7(16)2-1-3-12-9(17)6-4-14-8(15-11)5-13-6/h4-5H,1-3,11H2,(H2,10,16)(H,12,17)(H,14,15). The SMILES string of the molecule is NNc1cnc(C(=O)NCCCC(N)=O)cn1. The van der Waals surface area contributed by atoms with Crippen LogP contribution in [0, 0.1) is 0 Å². The number of carbonyl (C=O) groups is 2. The van der Waals surface area contributed by atoms with Crippen molar-refractivity contribution in [2.75, 3.05) is 12.0 Å². The fraction of sp³-hybridized carbons (Fsp3) is 0.333. The minimum absolute atomic E-state index is 0.183. The summed E-state index contributed by atoms with van der Waals surface area (Å²) in [5.41, 5.74) is 7.44. The van der Waals surface area contributed by atoms with Gasteiger partial charge in [-0.25, -0.2) is 15.8 Å². The maximum Gasteiger partial charge on any atom is 0.271 e. The first-order chi connectivity index (χ1) is 8.13. The van der Waals surface area contributed by atoms with Crippen molar-refractivity contribution in [2.45, 2.75) is 12.8 Å². The molecule has 0 saturated carbocycles. The van der Waals surface area contributed by atoms with Crippen molar-refractivity contribution < 1.29 is 9.59 Å². The van der Waals surface area contributed by atoms with Crippen LogP contribution < -0.4 is 22.3 Å². The quantitative estimate of drug-likeness (QED) is 0.278. The lowest BCUT2D eigenvalue weighted by molar-refractivity contribution is -0.118. The van der Waals surface area contributed by atoms with Crippen LogP contribution in [0.3, 0.4) is 0 Å². The summed E-state index contributed by atoms with van der Waals surface area (Å²) in [5.74, 6) is 4.73. The minimum Gasteiger partial charge on any atom is -0.370 e. The number of carbonyl (C=O) groups excluding carboxylic acids is 2. The molecule has 1 heterocycles. The molecule has 1 rings (SSSR count).